The van der Waals surface area contributed by atoms with Gasteiger partial charge in [0, 0.05) is 38.0 Å². The molecule has 1 aromatic carbocycles. The second-order valence-electron chi connectivity index (χ2n) is 14.1. The molecule has 47 heavy (non-hydrogen) atoms. The van der Waals surface area contributed by atoms with Gasteiger partial charge in [-0.15, -0.1) is 13.2 Å². The van der Waals surface area contributed by atoms with Gasteiger partial charge in [-0.25, -0.2) is 0 Å². The van der Waals surface area contributed by atoms with Crippen molar-refractivity contribution in [2.24, 2.45) is 17.8 Å². The number of aliphatic hydroxyl groups is 1. The zero-order chi connectivity index (χ0) is 33.8. The Kier molecular flexibility index (Phi) is 11.2. The maximum absolute atomic E-state index is 14.9. The number of hydrogen-bond acceptors (Lipinski definition) is 6. The van der Waals surface area contributed by atoms with Gasteiger partial charge in [0.2, 0.25) is 17.7 Å². The quantitative estimate of drug-likeness (QED) is 0.187. The highest BCUT2D eigenvalue weighted by Crippen LogP contribution is 2.65. The number of amides is 3. The molecule has 2 bridgehead atoms. The molecule has 9 nitrogen and oxygen atoms in total. The van der Waals surface area contributed by atoms with Crippen molar-refractivity contribution in [1.82, 2.24) is 9.80 Å². The number of hydrogen-bond donors (Lipinski definition) is 1. The van der Waals surface area contributed by atoms with E-state index in [1.807, 2.05) is 43.0 Å². The van der Waals surface area contributed by atoms with Crippen LogP contribution in [0.15, 0.2) is 49.6 Å². The van der Waals surface area contributed by atoms with E-state index < -0.39 is 29.1 Å². The number of anilines is 1. The van der Waals surface area contributed by atoms with Gasteiger partial charge in [0.15, 0.2) is 0 Å². The predicted molar refractivity (Wildman–Crippen MR) is 183 cm³/mol. The van der Waals surface area contributed by atoms with Crippen molar-refractivity contribution >= 4 is 23.4 Å². The summed E-state index contributed by atoms with van der Waals surface area (Å²) in [5, 5.41) is 9.29. The molecular formula is C38H55N3O6. The number of fused-ring (bicyclic) bond motifs is 1. The number of nitrogens with zero attached hydrogens (tertiary/aromatic N) is 3. The van der Waals surface area contributed by atoms with E-state index in [1.54, 1.807) is 22.0 Å². The van der Waals surface area contributed by atoms with Gasteiger partial charge in [-0.05, 0) is 76.1 Å². The molecule has 4 fully saturated rings. The number of benzene rings is 1. The number of carbonyl (C=O) groups is 3. The van der Waals surface area contributed by atoms with Gasteiger partial charge in [-0.2, -0.15) is 0 Å². The number of unbranched alkanes of at least 4 members (excludes halogenated alkanes) is 3. The van der Waals surface area contributed by atoms with Crippen LogP contribution < -0.4 is 9.64 Å². The van der Waals surface area contributed by atoms with Gasteiger partial charge >= 0.3 is 0 Å². The summed E-state index contributed by atoms with van der Waals surface area (Å²) >= 11 is 0. The normalized spacial score (nSPS) is 29.9. The Morgan fingerprint density at radius 3 is 2.36 bits per heavy atom. The molecule has 0 aromatic heterocycles. The molecule has 1 aliphatic carbocycles. The number of aliphatic hydroxyl groups excluding tert-OH is 1. The van der Waals surface area contributed by atoms with Crippen molar-refractivity contribution in [3.05, 3.63) is 49.6 Å². The Labute approximate surface area is 280 Å². The Morgan fingerprint density at radius 2 is 1.72 bits per heavy atom. The highest BCUT2D eigenvalue weighted by Gasteiger charge is 2.80. The predicted octanol–water partition coefficient (Wildman–Crippen LogP) is 5.52. The van der Waals surface area contributed by atoms with Gasteiger partial charge in [0.25, 0.3) is 0 Å². The molecule has 4 aliphatic rings. The molecule has 6 atom stereocenters. The van der Waals surface area contributed by atoms with E-state index in [1.165, 1.54) is 6.42 Å². The molecule has 3 unspecified atom stereocenters. The Balaban J connectivity index is 1.54. The number of likely N-dealkylation sites (tertiary alicyclic amines) is 1. The van der Waals surface area contributed by atoms with E-state index in [2.05, 4.69) is 20.1 Å². The second-order valence-corrected chi connectivity index (χ2v) is 14.1. The molecule has 1 spiro atoms. The fraction of sp³-hybridized carbons (Fsp3) is 0.658. The lowest BCUT2D eigenvalue weighted by Crippen LogP contribution is -2.58. The molecule has 3 aliphatic heterocycles. The molecule has 0 radical (unpaired) electrons. The molecule has 1 saturated carbocycles. The van der Waals surface area contributed by atoms with Crippen molar-refractivity contribution in [2.45, 2.75) is 108 Å². The minimum Gasteiger partial charge on any atom is -0.494 e. The van der Waals surface area contributed by atoms with Gasteiger partial charge in [0.1, 0.15) is 17.4 Å². The van der Waals surface area contributed by atoms with Crippen molar-refractivity contribution in [1.29, 1.82) is 0 Å². The van der Waals surface area contributed by atoms with E-state index in [0.717, 1.165) is 38.5 Å². The summed E-state index contributed by atoms with van der Waals surface area (Å²) in [7, 11) is 0. The zero-order valence-electron chi connectivity index (χ0n) is 28.7. The van der Waals surface area contributed by atoms with Crippen LogP contribution >= 0.6 is 0 Å². The van der Waals surface area contributed by atoms with E-state index in [0.29, 0.717) is 50.4 Å². The summed E-state index contributed by atoms with van der Waals surface area (Å²) in [5.41, 5.74) is -1.32. The monoisotopic (exact) mass is 649 g/mol. The Hall–Kier alpha value is -3.17. The number of ether oxygens (including phenoxy) is 2. The first kappa shape index (κ1) is 35.1. The SMILES string of the molecule is C=CCN(C(=O)[C@@H]1[C@H]2C(=O)N(CCCCCCO)C(C(=O)N(CC=C)C3CCCCC3)C23CC(C)[C@@]1(C)O3)c1ccc(OCC)cc1. The van der Waals surface area contributed by atoms with Crippen LogP contribution in [0.4, 0.5) is 5.69 Å². The molecule has 3 saturated heterocycles. The van der Waals surface area contributed by atoms with Crippen LogP contribution in [0.2, 0.25) is 0 Å². The second kappa shape index (κ2) is 14.9. The summed E-state index contributed by atoms with van der Waals surface area (Å²) in [6.45, 7) is 15.7. The minimum atomic E-state index is -1.10. The Morgan fingerprint density at radius 1 is 1.04 bits per heavy atom. The lowest BCUT2D eigenvalue weighted by Gasteiger charge is -2.41. The van der Waals surface area contributed by atoms with Crippen LogP contribution in [0, 0.1) is 17.8 Å². The van der Waals surface area contributed by atoms with Gasteiger partial charge in [-0.3, -0.25) is 14.4 Å². The van der Waals surface area contributed by atoms with Crippen LogP contribution in [0.25, 0.3) is 0 Å². The maximum atomic E-state index is 14.9. The molecular weight excluding hydrogens is 594 g/mol. The zero-order valence-corrected chi connectivity index (χ0v) is 28.7. The van der Waals surface area contributed by atoms with Crippen molar-refractivity contribution in [3.63, 3.8) is 0 Å². The van der Waals surface area contributed by atoms with Crippen molar-refractivity contribution in [2.75, 3.05) is 37.7 Å². The molecule has 1 N–H and O–H groups in total. The lowest BCUT2D eigenvalue weighted by molar-refractivity contribution is -0.154. The van der Waals surface area contributed by atoms with Crippen molar-refractivity contribution < 1.29 is 29.0 Å². The van der Waals surface area contributed by atoms with Crippen LogP contribution in [0.3, 0.4) is 0 Å². The van der Waals surface area contributed by atoms with Crippen LogP contribution in [-0.2, 0) is 19.1 Å². The summed E-state index contributed by atoms with van der Waals surface area (Å²) in [5.74, 6) is -1.29. The maximum Gasteiger partial charge on any atom is 0.248 e. The standard InChI is InChI=1S/C38H55N3O6/c1-6-22-39(29-18-20-30(21-19-29)46-8-3)34(43)31-32-35(44)41(24-14-9-10-15-25-42)33(38(32)26-27(4)37(31,5)47-38)36(45)40(23-7-2)28-16-12-11-13-17-28/h6-7,18-21,27-28,31-33,42H,1-2,8-17,22-26H2,3-5H3/t27?,31-,32-,33?,37+,38?/m0/s1. The third-order valence-electron chi connectivity index (χ3n) is 11.3. The first-order valence-electron chi connectivity index (χ1n) is 17.9. The topological polar surface area (TPSA) is 99.6 Å². The highest BCUT2D eigenvalue weighted by atomic mass is 16.5. The van der Waals surface area contributed by atoms with E-state index in [-0.39, 0.29) is 42.8 Å². The first-order chi connectivity index (χ1) is 22.7. The number of carbonyl (C=O) groups excluding carboxylic acids is 3. The third kappa shape index (κ3) is 6.38. The summed E-state index contributed by atoms with van der Waals surface area (Å²) < 4.78 is 12.7. The fourth-order valence-electron chi connectivity index (χ4n) is 9.00. The van der Waals surface area contributed by atoms with E-state index >= 15 is 0 Å². The molecule has 3 heterocycles. The van der Waals surface area contributed by atoms with Crippen LogP contribution in [-0.4, -0.2) is 88.8 Å². The Bertz CT molecular complexity index is 1290. The van der Waals surface area contributed by atoms with Crippen LogP contribution in [0.5, 0.6) is 5.75 Å². The summed E-state index contributed by atoms with van der Waals surface area (Å²) in [6, 6.07) is 6.71. The number of rotatable bonds is 16. The molecule has 258 valence electrons. The average molecular weight is 650 g/mol. The molecule has 3 amide bonds. The minimum absolute atomic E-state index is 0.0475. The third-order valence-corrected chi connectivity index (χ3v) is 11.3. The van der Waals surface area contributed by atoms with E-state index in [4.69, 9.17) is 9.47 Å². The first-order valence-corrected chi connectivity index (χ1v) is 17.9. The smallest absolute Gasteiger partial charge is 0.248 e. The summed E-state index contributed by atoms with van der Waals surface area (Å²) in [6.07, 6.45) is 12.3. The highest BCUT2D eigenvalue weighted by molar-refractivity contribution is 6.03. The molecule has 1 aromatic rings. The lowest BCUT2D eigenvalue weighted by atomic mass is 9.62. The largest absolute Gasteiger partial charge is 0.494 e. The van der Waals surface area contributed by atoms with Gasteiger partial charge < -0.3 is 29.3 Å². The fourth-order valence-corrected chi connectivity index (χ4v) is 9.00. The molecule has 5 rings (SSSR count). The van der Waals surface area contributed by atoms with Gasteiger partial charge in [0.05, 0.1) is 24.0 Å². The summed E-state index contributed by atoms with van der Waals surface area (Å²) in [4.78, 5) is 49.9. The average Bonchev–Trinajstić information content (AvgIpc) is 3.59. The van der Waals surface area contributed by atoms with Crippen LogP contribution in [0.1, 0.15) is 85.0 Å². The van der Waals surface area contributed by atoms with E-state index in [9.17, 15) is 19.5 Å². The van der Waals surface area contributed by atoms with Gasteiger partial charge in [-0.1, -0.05) is 51.2 Å². The van der Waals surface area contributed by atoms with Crippen molar-refractivity contribution in [3.8, 4) is 5.75 Å². The molecule has 9 heteroatoms.